The summed E-state index contributed by atoms with van der Waals surface area (Å²) in [5.74, 6) is -1.46. The number of benzene rings is 6. The molecular formula is C44H36N4O6. The van der Waals surface area contributed by atoms with E-state index in [0.717, 1.165) is 38.9 Å². The minimum absolute atomic E-state index is 0.00187. The topological polar surface area (TPSA) is 140 Å². The van der Waals surface area contributed by atoms with Crippen molar-refractivity contribution in [2.75, 3.05) is 11.9 Å². The number of fused-ring (bicyclic) bond motifs is 3. The summed E-state index contributed by atoms with van der Waals surface area (Å²) in [7, 11) is 0. The molecule has 1 atom stereocenters. The molecule has 0 radical (unpaired) electrons. The second-order valence-corrected chi connectivity index (χ2v) is 12.9. The van der Waals surface area contributed by atoms with E-state index >= 15 is 0 Å². The minimum atomic E-state index is -1.39. The second kappa shape index (κ2) is 15.7. The maximum atomic E-state index is 14.3. The molecule has 0 spiro atoms. The van der Waals surface area contributed by atoms with Crippen molar-refractivity contribution in [1.82, 2.24) is 10.6 Å². The van der Waals surface area contributed by atoms with Gasteiger partial charge in [-0.25, -0.2) is 4.79 Å². The Hall–Kier alpha value is -7.07. The highest BCUT2D eigenvalue weighted by molar-refractivity contribution is 5.99. The van der Waals surface area contributed by atoms with Gasteiger partial charge < -0.3 is 20.7 Å². The smallest absolute Gasteiger partial charge is 0.407 e. The van der Waals surface area contributed by atoms with Crippen LogP contribution in [0, 0.1) is 10.1 Å². The highest BCUT2D eigenvalue weighted by Crippen LogP contribution is 2.44. The van der Waals surface area contributed by atoms with E-state index in [1.807, 2.05) is 140 Å². The molecule has 0 aliphatic heterocycles. The molecule has 6 aromatic carbocycles. The molecule has 0 fully saturated rings. The molecule has 0 unspecified atom stereocenters. The van der Waals surface area contributed by atoms with E-state index in [2.05, 4.69) is 16.0 Å². The third kappa shape index (κ3) is 7.31. The highest BCUT2D eigenvalue weighted by Gasteiger charge is 2.39. The maximum absolute atomic E-state index is 14.3. The number of alkyl carbamates (subject to hydrolysis) is 1. The SMILES string of the molecule is O=C(C[C@H](NC(=O)OCC1c2ccccc2-c2ccccc21)C(=O)Nc1ccc([N+](=O)[O-])cc1)NC(c1ccccc1)(c1ccccc1)c1ccccc1. The number of ether oxygens (including phenoxy) is 1. The minimum Gasteiger partial charge on any atom is -0.449 e. The Morgan fingerprint density at radius 2 is 1.11 bits per heavy atom. The molecule has 0 saturated carbocycles. The Balaban J connectivity index is 1.16. The summed E-state index contributed by atoms with van der Waals surface area (Å²) in [6, 6.07) is 48.3. The van der Waals surface area contributed by atoms with Crippen molar-refractivity contribution in [1.29, 1.82) is 0 Å². The first-order valence-corrected chi connectivity index (χ1v) is 17.5. The zero-order chi connectivity index (χ0) is 37.5. The van der Waals surface area contributed by atoms with Gasteiger partial charge in [0.2, 0.25) is 11.8 Å². The third-order valence-corrected chi connectivity index (χ3v) is 9.63. The zero-order valence-corrected chi connectivity index (χ0v) is 29.1. The summed E-state index contributed by atoms with van der Waals surface area (Å²) in [4.78, 5) is 52.4. The molecule has 3 amide bonds. The van der Waals surface area contributed by atoms with Crippen LogP contribution in [0.25, 0.3) is 11.1 Å². The highest BCUT2D eigenvalue weighted by atomic mass is 16.6. The average Bonchev–Trinajstić information content (AvgIpc) is 3.53. The number of anilines is 1. The molecule has 54 heavy (non-hydrogen) atoms. The van der Waals surface area contributed by atoms with Gasteiger partial charge in [-0.2, -0.15) is 0 Å². The van der Waals surface area contributed by atoms with Gasteiger partial charge in [-0.1, -0.05) is 140 Å². The van der Waals surface area contributed by atoms with Crippen molar-refractivity contribution in [2.24, 2.45) is 0 Å². The molecule has 0 bridgehead atoms. The number of rotatable bonds is 12. The van der Waals surface area contributed by atoms with Crippen LogP contribution in [0.2, 0.25) is 0 Å². The monoisotopic (exact) mass is 716 g/mol. The third-order valence-electron chi connectivity index (χ3n) is 9.63. The molecule has 0 saturated heterocycles. The Bertz CT molecular complexity index is 2140. The first-order chi connectivity index (χ1) is 26.3. The summed E-state index contributed by atoms with van der Waals surface area (Å²) in [5.41, 5.74) is 5.47. The molecule has 3 N–H and O–H groups in total. The lowest BCUT2D eigenvalue weighted by Crippen LogP contribution is -2.52. The van der Waals surface area contributed by atoms with E-state index < -0.39 is 40.8 Å². The molecule has 7 rings (SSSR count). The molecule has 6 aromatic rings. The van der Waals surface area contributed by atoms with Gasteiger partial charge in [0.15, 0.2) is 0 Å². The molecule has 268 valence electrons. The number of carbonyl (C=O) groups is 3. The average molecular weight is 717 g/mol. The van der Waals surface area contributed by atoms with Gasteiger partial charge >= 0.3 is 6.09 Å². The molecule has 1 aliphatic rings. The molecule has 10 heteroatoms. The largest absolute Gasteiger partial charge is 0.449 e. The number of amides is 3. The lowest BCUT2D eigenvalue weighted by atomic mass is 9.77. The van der Waals surface area contributed by atoms with Crippen LogP contribution in [0.5, 0.6) is 0 Å². The number of nitrogens with one attached hydrogen (secondary N) is 3. The fraction of sp³-hybridized carbons (Fsp3) is 0.114. The maximum Gasteiger partial charge on any atom is 0.407 e. The van der Waals surface area contributed by atoms with E-state index in [0.29, 0.717) is 0 Å². The number of non-ortho nitro benzene ring substituents is 1. The first-order valence-electron chi connectivity index (χ1n) is 17.5. The van der Waals surface area contributed by atoms with E-state index in [1.165, 1.54) is 24.3 Å². The number of nitro groups is 1. The Kier molecular flexibility index (Phi) is 10.3. The van der Waals surface area contributed by atoms with Crippen molar-refractivity contribution < 1.29 is 24.0 Å². The summed E-state index contributed by atoms with van der Waals surface area (Å²) in [6.07, 6.45) is -1.34. The number of hydrogen-bond donors (Lipinski definition) is 3. The van der Waals surface area contributed by atoms with Crippen molar-refractivity contribution in [3.05, 3.63) is 202 Å². The van der Waals surface area contributed by atoms with Crippen LogP contribution in [0.3, 0.4) is 0 Å². The lowest BCUT2D eigenvalue weighted by molar-refractivity contribution is -0.384. The molecule has 0 aromatic heterocycles. The first kappa shape index (κ1) is 35.3. The fourth-order valence-electron chi connectivity index (χ4n) is 7.11. The molecule has 1 aliphatic carbocycles. The second-order valence-electron chi connectivity index (χ2n) is 12.9. The molecular weight excluding hydrogens is 681 g/mol. The van der Waals surface area contributed by atoms with Crippen LogP contribution in [0.1, 0.15) is 40.2 Å². The van der Waals surface area contributed by atoms with Gasteiger partial charge in [-0.15, -0.1) is 0 Å². The van der Waals surface area contributed by atoms with Crippen molar-refractivity contribution in [3.63, 3.8) is 0 Å². The fourth-order valence-corrected chi connectivity index (χ4v) is 7.11. The van der Waals surface area contributed by atoms with Crippen molar-refractivity contribution in [2.45, 2.75) is 23.9 Å². The van der Waals surface area contributed by atoms with Gasteiger partial charge in [0.05, 0.1) is 11.3 Å². The summed E-state index contributed by atoms with van der Waals surface area (Å²) < 4.78 is 5.77. The van der Waals surface area contributed by atoms with E-state index in [1.54, 1.807) is 0 Å². The van der Waals surface area contributed by atoms with E-state index in [4.69, 9.17) is 4.74 Å². The van der Waals surface area contributed by atoms with Crippen molar-refractivity contribution in [3.8, 4) is 11.1 Å². The van der Waals surface area contributed by atoms with Gasteiger partial charge in [0.25, 0.3) is 5.69 Å². The predicted octanol–water partition coefficient (Wildman–Crippen LogP) is 7.94. The van der Waals surface area contributed by atoms with Crippen LogP contribution in [0.4, 0.5) is 16.2 Å². The van der Waals surface area contributed by atoms with Crippen LogP contribution in [0.15, 0.2) is 164 Å². The Morgan fingerprint density at radius 3 is 1.59 bits per heavy atom. The number of nitrogens with zero attached hydrogens (tertiary/aromatic N) is 1. The summed E-state index contributed by atoms with van der Waals surface area (Å²) >= 11 is 0. The number of hydrogen-bond acceptors (Lipinski definition) is 6. The van der Waals surface area contributed by atoms with Crippen LogP contribution in [-0.4, -0.2) is 35.5 Å². The number of carbonyl (C=O) groups excluding carboxylic acids is 3. The zero-order valence-electron chi connectivity index (χ0n) is 29.1. The van der Waals surface area contributed by atoms with E-state index in [-0.39, 0.29) is 23.9 Å². The summed E-state index contributed by atoms with van der Waals surface area (Å²) in [6.45, 7) is 0.00187. The van der Waals surface area contributed by atoms with Gasteiger partial charge in [0.1, 0.15) is 18.2 Å². The quantitative estimate of drug-likeness (QED) is 0.0668. The standard InChI is InChI=1S/C44H36N4O6/c49-41(47-44(30-14-4-1-5-15-30,31-16-6-2-7-17-31)32-18-8-3-9-19-32)28-40(42(50)45-33-24-26-34(27-25-33)48(52)53)46-43(51)54-29-39-37-22-12-10-20-35(37)36-21-11-13-23-38(36)39/h1-27,39-40H,28-29H2,(H,45,50)(H,46,51)(H,47,49)/t40-/m0/s1. The predicted molar refractivity (Wildman–Crippen MR) is 206 cm³/mol. The number of nitro benzene ring substituents is 1. The Labute approximate surface area is 312 Å². The Morgan fingerprint density at radius 1 is 0.648 bits per heavy atom. The molecule has 0 heterocycles. The van der Waals surface area contributed by atoms with Crippen LogP contribution < -0.4 is 16.0 Å². The van der Waals surface area contributed by atoms with Crippen molar-refractivity contribution >= 4 is 29.3 Å². The lowest BCUT2D eigenvalue weighted by Gasteiger charge is -2.37. The molecule has 10 nitrogen and oxygen atoms in total. The van der Waals surface area contributed by atoms with Gasteiger partial charge in [0, 0.05) is 23.7 Å². The van der Waals surface area contributed by atoms with E-state index in [9.17, 15) is 24.5 Å². The van der Waals surface area contributed by atoms with Gasteiger partial charge in [-0.3, -0.25) is 19.7 Å². The normalized spacial score (nSPS) is 12.4. The summed E-state index contributed by atoms with van der Waals surface area (Å²) in [5, 5.41) is 19.8. The van der Waals surface area contributed by atoms with Crippen LogP contribution >= 0.6 is 0 Å². The van der Waals surface area contributed by atoms with Crippen LogP contribution in [-0.2, 0) is 19.9 Å². The van der Waals surface area contributed by atoms with Gasteiger partial charge in [-0.05, 0) is 51.1 Å².